The zero-order chi connectivity index (χ0) is 22.3. The average Bonchev–Trinajstić information content (AvgIpc) is 2.90. The molecule has 0 bridgehead atoms. The number of hydrogen-bond donors (Lipinski definition) is 0. The monoisotopic (exact) mass is 446 g/mol. The molecule has 0 unspecified atom stereocenters. The summed E-state index contributed by atoms with van der Waals surface area (Å²) < 4.78 is 6.17. The zero-order valence-corrected chi connectivity index (χ0v) is 19.5. The molecule has 0 heterocycles. The molecular formula is C31H27OP. The van der Waals surface area contributed by atoms with Crippen molar-refractivity contribution >= 4 is 23.2 Å². The third-order valence-electron chi connectivity index (χ3n) is 6.15. The second kappa shape index (κ2) is 9.86. The van der Waals surface area contributed by atoms with Crippen LogP contribution in [0.5, 0.6) is 11.5 Å². The van der Waals surface area contributed by atoms with Crippen molar-refractivity contribution in [2.75, 3.05) is 0 Å². The Balaban J connectivity index is 1.64. The topological polar surface area (TPSA) is 9.23 Å². The first-order chi connectivity index (χ1) is 16.3. The molecule has 5 aromatic carbocycles. The number of benzene rings is 5. The summed E-state index contributed by atoms with van der Waals surface area (Å²) in [4.78, 5) is 0. The molecule has 162 valence electrons. The predicted molar refractivity (Wildman–Crippen MR) is 143 cm³/mol. The van der Waals surface area contributed by atoms with E-state index < -0.39 is 7.26 Å². The maximum atomic E-state index is 6.17. The van der Waals surface area contributed by atoms with E-state index in [1.807, 2.05) is 36.4 Å². The number of para-hydroxylation sites is 1. The first-order valence-electron chi connectivity index (χ1n) is 11.3. The minimum atomic E-state index is -2.34. The van der Waals surface area contributed by atoms with E-state index in [1.165, 1.54) is 21.5 Å². The van der Waals surface area contributed by atoms with E-state index in [4.69, 9.17) is 4.74 Å². The fourth-order valence-electron chi connectivity index (χ4n) is 4.62. The van der Waals surface area contributed by atoms with Crippen LogP contribution < -0.4 is 20.7 Å². The van der Waals surface area contributed by atoms with Gasteiger partial charge in [-0.15, -0.1) is 0 Å². The van der Waals surface area contributed by atoms with Crippen LogP contribution in [0.3, 0.4) is 0 Å². The molecule has 0 aliphatic carbocycles. The Morgan fingerprint density at radius 1 is 0.424 bits per heavy atom. The summed E-state index contributed by atoms with van der Waals surface area (Å²) in [5.41, 5.74) is 1.28. The van der Waals surface area contributed by atoms with Crippen LogP contribution in [-0.2, 0) is 6.16 Å². The Bertz CT molecular complexity index is 1190. The average molecular weight is 447 g/mol. The van der Waals surface area contributed by atoms with Crippen molar-refractivity contribution in [1.29, 1.82) is 0 Å². The van der Waals surface area contributed by atoms with Crippen molar-refractivity contribution in [3.63, 3.8) is 0 Å². The van der Waals surface area contributed by atoms with E-state index in [0.29, 0.717) is 0 Å². The molecule has 0 aliphatic heterocycles. The second-order valence-electron chi connectivity index (χ2n) is 8.24. The number of hydrogen-bond acceptors (Lipinski definition) is 1. The quantitative estimate of drug-likeness (QED) is 0.253. The maximum absolute atomic E-state index is 6.17. The van der Waals surface area contributed by atoms with Crippen molar-refractivity contribution in [1.82, 2.24) is 0 Å². The van der Waals surface area contributed by atoms with Gasteiger partial charge in [0.25, 0.3) is 0 Å². The molecule has 0 aliphatic rings. The van der Waals surface area contributed by atoms with E-state index in [1.54, 1.807) is 0 Å². The molecule has 1 nitrogen and oxygen atoms in total. The van der Waals surface area contributed by atoms with Crippen molar-refractivity contribution in [3.05, 3.63) is 151 Å². The van der Waals surface area contributed by atoms with E-state index in [0.717, 1.165) is 17.7 Å². The number of ether oxygens (including phenoxy) is 1. The normalized spacial score (nSPS) is 11.6. The van der Waals surface area contributed by atoms with Crippen LogP contribution in [-0.4, -0.2) is 0 Å². The van der Waals surface area contributed by atoms with Crippen molar-refractivity contribution < 1.29 is 4.74 Å². The van der Waals surface area contributed by atoms with Gasteiger partial charge in [-0.25, -0.2) is 0 Å². The van der Waals surface area contributed by atoms with Gasteiger partial charge in [-0.05, 0) is 0 Å². The fraction of sp³-hybridized carbons (Fsp3) is 0.0323. The Morgan fingerprint density at radius 2 is 0.848 bits per heavy atom. The molecule has 2 heteroatoms. The van der Waals surface area contributed by atoms with E-state index in [-0.39, 0.29) is 0 Å². The van der Waals surface area contributed by atoms with Gasteiger partial charge >= 0.3 is 197 Å². The van der Waals surface area contributed by atoms with Gasteiger partial charge in [0.2, 0.25) is 0 Å². The van der Waals surface area contributed by atoms with Crippen molar-refractivity contribution in [3.8, 4) is 11.5 Å². The minimum absolute atomic E-state index is 0.854. The molecule has 0 amide bonds. The van der Waals surface area contributed by atoms with Gasteiger partial charge in [0, 0.05) is 0 Å². The van der Waals surface area contributed by atoms with Crippen LogP contribution in [0.4, 0.5) is 0 Å². The van der Waals surface area contributed by atoms with Crippen molar-refractivity contribution in [2.24, 2.45) is 0 Å². The SMILES string of the molecule is c1ccc(Oc2cccc(C[PH](c3ccccc3)(c3ccccc3)c3ccccc3)c2)cc1. The Hall–Kier alpha value is -3.67. The first-order valence-corrected chi connectivity index (χ1v) is 13.5. The van der Waals surface area contributed by atoms with Crippen molar-refractivity contribution in [2.45, 2.75) is 6.16 Å². The molecule has 0 saturated heterocycles. The molecule has 0 spiro atoms. The second-order valence-corrected chi connectivity index (χ2v) is 12.1. The van der Waals surface area contributed by atoms with Gasteiger partial charge in [-0.2, -0.15) is 0 Å². The molecule has 0 aromatic heterocycles. The molecule has 33 heavy (non-hydrogen) atoms. The molecular weight excluding hydrogens is 419 g/mol. The predicted octanol–water partition coefficient (Wildman–Crippen LogP) is 6.71. The Kier molecular flexibility index (Phi) is 6.33. The number of rotatable bonds is 7. The summed E-state index contributed by atoms with van der Waals surface area (Å²) in [6, 6.07) is 51.7. The molecule has 0 saturated carbocycles. The fourth-order valence-corrected chi connectivity index (χ4v) is 9.35. The first kappa shape index (κ1) is 21.2. The third kappa shape index (κ3) is 4.60. The zero-order valence-electron chi connectivity index (χ0n) is 18.5. The summed E-state index contributed by atoms with van der Waals surface area (Å²) in [6.07, 6.45) is 0.955. The van der Waals surface area contributed by atoms with Crippen LogP contribution in [0.2, 0.25) is 0 Å². The Morgan fingerprint density at radius 3 is 1.33 bits per heavy atom. The Labute approximate surface area is 196 Å². The molecule has 5 aromatic rings. The van der Waals surface area contributed by atoms with E-state index >= 15 is 0 Å². The van der Waals surface area contributed by atoms with Gasteiger partial charge in [0.1, 0.15) is 0 Å². The van der Waals surface area contributed by atoms with Gasteiger partial charge in [0.05, 0.1) is 0 Å². The molecule has 0 radical (unpaired) electrons. The van der Waals surface area contributed by atoms with Crippen LogP contribution in [0.15, 0.2) is 146 Å². The molecule has 0 fully saturated rings. The van der Waals surface area contributed by atoms with Gasteiger partial charge in [0.15, 0.2) is 0 Å². The summed E-state index contributed by atoms with van der Waals surface area (Å²) in [5.74, 6) is 1.73. The standard InChI is InChI=1S/C31H27OP/c1-5-15-27(16-6-1)32-28-17-13-14-26(24-28)25-33(29-18-7-2-8-19-29,30-20-9-3-10-21-30)31-22-11-4-12-23-31/h1-24,33H,25H2. The molecule has 0 N–H and O–H groups in total. The van der Waals surface area contributed by atoms with Gasteiger partial charge < -0.3 is 0 Å². The van der Waals surface area contributed by atoms with Gasteiger partial charge in [-0.1, -0.05) is 0 Å². The molecule has 0 atom stereocenters. The summed E-state index contributed by atoms with van der Waals surface area (Å²) in [5, 5.41) is 4.24. The van der Waals surface area contributed by atoms with Gasteiger partial charge in [-0.3, -0.25) is 0 Å². The summed E-state index contributed by atoms with van der Waals surface area (Å²) in [6.45, 7) is 0. The molecule has 5 rings (SSSR count). The van der Waals surface area contributed by atoms with Crippen LogP contribution in [0.1, 0.15) is 5.56 Å². The van der Waals surface area contributed by atoms with Crippen LogP contribution in [0.25, 0.3) is 0 Å². The van der Waals surface area contributed by atoms with Crippen LogP contribution >= 0.6 is 7.26 Å². The van der Waals surface area contributed by atoms with E-state index in [9.17, 15) is 0 Å². The van der Waals surface area contributed by atoms with Crippen LogP contribution in [0, 0.1) is 0 Å². The van der Waals surface area contributed by atoms with E-state index in [2.05, 4.69) is 109 Å². The summed E-state index contributed by atoms with van der Waals surface area (Å²) >= 11 is 0. The third-order valence-corrected chi connectivity index (χ3v) is 11.0. The summed E-state index contributed by atoms with van der Waals surface area (Å²) in [7, 11) is -2.34.